The van der Waals surface area contributed by atoms with Crippen LogP contribution in [0.1, 0.15) is 0 Å². The molecule has 5 heteroatoms. The highest BCUT2D eigenvalue weighted by molar-refractivity contribution is 7.20. The van der Waals surface area contributed by atoms with Gasteiger partial charge in [-0.05, 0) is 68.3 Å². The van der Waals surface area contributed by atoms with Crippen LogP contribution in [0.2, 0.25) is 0 Å². The number of hydrogen-bond acceptors (Lipinski definition) is 2. The number of benzene rings is 9. The van der Waals surface area contributed by atoms with Crippen molar-refractivity contribution in [3.05, 3.63) is 218 Å². The average Bonchev–Trinajstić information content (AvgIpc) is 3.65. The Morgan fingerprint density at radius 2 is 0.949 bits per heavy atom. The molecular formula is C54H36BNO2Si. The van der Waals surface area contributed by atoms with E-state index in [0.717, 1.165) is 56.1 Å². The van der Waals surface area contributed by atoms with E-state index in [2.05, 4.69) is 223 Å². The van der Waals surface area contributed by atoms with Gasteiger partial charge in [0.1, 0.15) is 17.2 Å². The third-order valence-electron chi connectivity index (χ3n) is 12.4. The fourth-order valence-electron chi connectivity index (χ4n) is 9.91. The number of ether oxygens (including phenoxy) is 1. The van der Waals surface area contributed by atoms with Crippen molar-refractivity contribution in [2.24, 2.45) is 0 Å². The molecule has 3 nitrogen and oxygen atoms in total. The van der Waals surface area contributed by atoms with Crippen LogP contribution in [0.3, 0.4) is 0 Å². The van der Waals surface area contributed by atoms with E-state index in [0.29, 0.717) is 0 Å². The minimum absolute atomic E-state index is 0.331. The largest absolute Gasteiger partial charge is 0.551 e. The smallest absolute Gasteiger partial charge is 0.434 e. The Labute approximate surface area is 344 Å². The van der Waals surface area contributed by atoms with Gasteiger partial charge in [0.15, 0.2) is 8.07 Å². The second kappa shape index (κ2) is 13.4. The Kier molecular flexibility index (Phi) is 7.65. The lowest BCUT2D eigenvalue weighted by Gasteiger charge is -2.37. The molecule has 0 fully saturated rings. The number of hydrogen-bond donors (Lipinski definition) is 0. The van der Waals surface area contributed by atoms with Gasteiger partial charge >= 0.3 is 6.92 Å². The molecule has 0 saturated carbocycles. The molecule has 0 amide bonds. The normalized spacial score (nSPS) is 12.6. The molecule has 0 unspecified atom stereocenters. The third kappa shape index (κ3) is 5.08. The molecule has 59 heavy (non-hydrogen) atoms. The van der Waals surface area contributed by atoms with Crippen LogP contribution >= 0.6 is 0 Å². The molecule has 0 spiro atoms. The Bertz CT molecular complexity index is 3090. The van der Waals surface area contributed by atoms with E-state index in [1.54, 1.807) is 0 Å². The summed E-state index contributed by atoms with van der Waals surface area (Å²) in [5.74, 6) is 2.54. The van der Waals surface area contributed by atoms with Crippen LogP contribution in [-0.2, 0) is 0 Å². The molecule has 0 N–H and O–H groups in total. The van der Waals surface area contributed by atoms with E-state index in [1.165, 1.54) is 42.6 Å². The first-order valence-corrected chi connectivity index (χ1v) is 22.3. The zero-order chi connectivity index (χ0) is 38.9. The summed E-state index contributed by atoms with van der Waals surface area (Å²) in [6.07, 6.45) is 0. The van der Waals surface area contributed by atoms with Gasteiger partial charge in [-0.1, -0.05) is 182 Å². The Morgan fingerprint density at radius 1 is 0.390 bits per heavy atom. The van der Waals surface area contributed by atoms with Crippen LogP contribution in [0.25, 0.3) is 49.7 Å². The number of para-hydroxylation sites is 3. The molecule has 0 saturated heterocycles. The molecule has 10 aromatic rings. The van der Waals surface area contributed by atoms with Gasteiger partial charge < -0.3 is 14.0 Å². The van der Waals surface area contributed by atoms with Crippen LogP contribution in [0, 0.1) is 0 Å². The van der Waals surface area contributed by atoms with Gasteiger partial charge in [-0.25, -0.2) is 0 Å². The number of rotatable bonds is 6. The molecule has 0 aliphatic carbocycles. The van der Waals surface area contributed by atoms with Crippen molar-refractivity contribution in [3.8, 4) is 45.2 Å². The fraction of sp³-hybridized carbons (Fsp3) is 0. The van der Waals surface area contributed by atoms with Gasteiger partial charge in [-0.15, -0.1) is 0 Å². The molecule has 0 atom stereocenters. The SMILES string of the molecule is c1ccc([Si](c2ccccc2)(c2ccccc2)c2ccc3c(c2)-c2cccc4c2B(O3)c2cc(-c3ccccc3-n3c5ccccc5c5ccccc53)ccc2O4)cc1. The van der Waals surface area contributed by atoms with Crippen LogP contribution < -0.4 is 41.1 Å². The van der Waals surface area contributed by atoms with E-state index in [9.17, 15) is 0 Å². The molecule has 2 aliphatic rings. The Hall–Kier alpha value is -7.34. The molecule has 12 rings (SSSR count). The molecule has 2 aliphatic heterocycles. The van der Waals surface area contributed by atoms with Crippen molar-refractivity contribution in [3.63, 3.8) is 0 Å². The first-order chi connectivity index (χ1) is 29.3. The highest BCUT2D eigenvalue weighted by Gasteiger charge is 2.44. The summed E-state index contributed by atoms with van der Waals surface area (Å²) >= 11 is 0. The van der Waals surface area contributed by atoms with E-state index in [1.807, 2.05) is 0 Å². The maximum Gasteiger partial charge on any atom is 0.434 e. The maximum atomic E-state index is 7.19. The Morgan fingerprint density at radius 3 is 1.61 bits per heavy atom. The predicted octanol–water partition coefficient (Wildman–Crippen LogP) is 9.10. The number of aromatic nitrogens is 1. The zero-order valence-corrected chi connectivity index (χ0v) is 33.1. The van der Waals surface area contributed by atoms with Gasteiger partial charge in [0.2, 0.25) is 0 Å². The lowest BCUT2D eigenvalue weighted by molar-refractivity contribution is 0.479. The van der Waals surface area contributed by atoms with E-state index < -0.39 is 8.07 Å². The maximum absolute atomic E-state index is 7.19. The minimum Gasteiger partial charge on any atom is -0.551 e. The molecule has 3 heterocycles. The number of nitrogens with zero attached hydrogens (tertiary/aromatic N) is 1. The van der Waals surface area contributed by atoms with Gasteiger partial charge in [0, 0.05) is 32.8 Å². The van der Waals surface area contributed by atoms with Crippen LogP contribution in [0.15, 0.2) is 218 Å². The van der Waals surface area contributed by atoms with Gasteiger partial charge in [0.25, 0.3) is 0 Å². The third-order valence-corrected chi connectivity index (χ3v) is 17.2. The summed E-state index contributed by atoms with van der Waals surface area (Å²) in [6.45, 7) is -0.331. The lowest BCUT2D eigenvalue weighted by Crippen LogP contribution is -2.74. The molecule has 0 bridgehead atoms. The highest BCUT2D eigenvalue weighted by atomic mass is 28.3. The first kappa shape index (κ1) is 33.8. The summed E-state index contributed by atoms with van der Waals surface area (Å²) < 4.78 is 16.4. The minimum atomic E-state index is -2.76. The van der Waals surface area contributed by atoms with E-state index in [-0.39, 0.29) is 6.92 Å². The Balaban J connectivity index is 1.01. The van der Waals surface area contributed by atoms with E-state index >= 15 is 0 Å². The standard InChI is InChI=1S/C54H36BNO2Si/c1-4-17-38(18-5-1)59(39-19-6-2-7-20-39,40-21-8-3-9-22-40)41-32-34-51-46(36-41)45-26-16-30-53-54(45)55(58-51)47-35-37(31-33-52(47)57-53)42-23-10-13-27-48(42)56-49-28-14-11-24-43(49)44-25-12-15-29-50(44)56/h1-36H. The van der Waals surface area contributed by atoms with Crippen molar-refractivity contribution in [1.82, 2.24) is 4.57 Å². The van der Waals surface area contributed by atoms with Gasteiger partial charge in [0.05, 0.1) is 16.7 Å². The van der Waals surface area contributed by atoms with Crippen molar-refractivity contribution in [1.29, 1.82) is 0 Å². The summed E-state index contributed by atoms with van der Waals surface area (Å²) in [4.78, 5) is 0. The van der Waals surface area contributed by atoms with Crippen molar-refractivity contribution >= 4 is 68.5 Å². The molecule has 9 aromatic carbocycles. The van der Waals surface area contributed by atoms with Crippen molar-refractivity contribution in [2.45, 2.75) is 0 Å². The zero-order valence-electron chi connectivity index (χ0n) is 32.1. The summed E-state index contributed by atoms with van der Waals surface area (Å²) in [5, 5.41) is 7.82. The molecular weight excluding hydrogens is 733 g/mol. The first-order valence-electron chi connectivity index (χ1n) is 20.3. The second-order valence-electron chi connectivity index (χ2n) is 15.5. The average molecular weight is 770 g/mol. The monoisotopic (exact) mass is 769 g/mol. The predicted molar refractivity (Wildman–Crippen MR) is 247 cm³/mol. The summed E-state index contributed by atoms with van der Waals surface area (Å²) in [7, 11) is -2.76. The van der Waals surface area contributed by atoms with Gasteiger partial charge in [-0.3, -0.25) is 0 Å². The fourth-order valence-corrected chi connectivity index (χ4v) is 14.7. The second-order valence-corrected chi connectivity index (χ2v) is 19.3. The highest BCUT2D eigenvalue weighted by Crippen LogP contribution is 2.41. The van der Waals surface area contributed by atoms with Crippen molar-refractivity contribution in [2.75, 3.05) is 0 Å². The summed E-state index contributed by atoms with van der Waals surface area (Å²) in [6, 6.07) is 79.3. The molecule has 0 radical (unpaired) electrons. The van der Waals surface area contributed by atoms with Crippen LogP contribution in [0.4, 0.5) is 0 Å². The van der Waals surface area contributed by atoms with Crippen LogP contribution in [-0.4, -0.2) is 19.6 Å². The van der Waals surface area contributed by atoms with Crippen LogP contribution in [0.5, 0.6) is 17.2 Å². The summed E-state index contributed by atoms with van der Waals surface area (Å²) in [5.41, 5.74) is 10.1. The van der Waals surface area contributed by atoms with Crippen molar-refractivity contribution < 1.29 is 9.39 Å². The quantitative estimate of drug-likeness (QED) is 0.125. The van der Waals surface area contributed by atoms with Gasteiger partial charge in [-0.2, -0.15) is 0 Å². The lowest BCUT2D eigenvalue weighted by atomic mass is 9.50. The molecule has 276 valence electrons. The van der Waals surface area contributed by atoms with E-state index in [4.69, 9.17) is 9.39 Å². The number of fused-ring (bicyclic) bond motifs is 7. The topological polar surface area (TPSA) is 23.4 Å². The molecule has 1 aromatic heterocycles.